The van der Waals surface area contributed by atoms with Crippen LogP contribution < -0.4 is 21.0 Å². The Morgan fingerprint density at radius 1 is 1.12 bits per heavy atom. The lowest BCUT2D eigenvalue weighted by Gasteiger charge is -2.17. The molecule has 2 aromatic carbocycles. The Morgan fingerprint density at radius 3 is 2.47 bits per heavy atom. The number of amides is 2. The normalized spacial score (nSPS) is 12.3. The number of carbonyl (C=O) groups excluding carboxylic acids is 2. The molecule has 180 valence electrons. The molecule has 3 rings (SSSR count). The van der Waals surface area contributed by atoms with E-state index in [9.17, 15) is 32.7 Å². The number of rotatable bonds is 8. The topological polar surface area (TPSA) is 118 Å². The highest BCUT2D eigenvalue weighted by Crippen LogP contribution is 2.29. The first kappa shape index (κ1) is 24.8. The molecule has 1 unspecified atom stereocenters. The Bertz CT molecular complexity index is 1240. The molecular formula is C23H21F3N2O6. The lowest BCUT2D eigenvalue weighted by atomic mass is 10.1. The van der Waals surface area contributed by atoms with Gasteiger partial charge in [0.05, 0.1) is 12.2 Å². The van der Waals surface area contributed by atoms with E-state index in [-0.39, 0.29) is 12.3 Å². The number of fused-ring (bicyclic) bond motifs is 1. The Kier molecular flexibility index (Phi) is 7.57. The van der Waals surface area contributed by atoms with Crippen molar-refractivity contribution in [3.63, 3.8) is 0 Å². The summed E-state index contributed by atoms with van der Waals surface area (Å²) in [6.07, 6.45) is -4.46. The fraction of sp³-hybridized carbons (Fsp3) is 0.261. The van der Waals surface area contributed by atoms with Crippen LogP contribution in [-0.2, 0) is 22.3 Å². The van der Waals surface area contributed by atoms with Crippen molar-refractivity contribution in [2.75, 3.05) is 13.2 Å². The predicted molar refractivity (Wildman–Crippen MR) is 115 cm³/mol. The fourth-order valence-electron chi connectivity index (χ4n) is 3.10. The van der Waals surface area contributed by atoms with Gasteiger partial charge in [-0.25, -0.2) is 4.79 Å². The van der Waals surface area contributed by atoms with Crippen LogP contribution in [-0.4, -0.2) is 36.2 Å². The lowest BCUT2D eigenvalue weighted by molar-refractivity contribution is -0.137. The van der Waals surface area contributed by atoms with E-state index in [1.54, 1.807) is 19.1 Å². The largest absolute Gasteiger partial charge is 0.484 e. The first-order valence-electron chi connectivity index (χ1n) is 10.1. The summed E-state index contributed by atoms with van der Waals surface area (Å²) in [5.74, 6) is -1.17. The van der Waals surface area contributed by atoms with Crippen LogP contribution in [0.25, 0.3) is 11.0 Å². The van der Waals surface area contributed by atoms with Gasteiger partial charge in [-0.3, -0.25) is 9.59 Å². The molecule has 3 N–H and O–H groups in total. The van der Waals surface area contributed by atoms with Gasteiger partial charge in [0.15, 0.2) is 6.61 Å². The maximum Gasteiger partial charge on any atom is 0.416 e. The smallest absolute Gasteiger partial charge is 0.416 e. The fourth-order valence-corrected chi connectivity index (χ4v) is 3.10. The second-order valence-corrected chi connectivity index (χ2v) is 7.41. The Morgan fingerprint density at radius 2 is 1.82 bits per heavy atom. The number of aryl methyl sites for hydroxylation is 1. The minimum Gasteiger partial charge on any atom is -0.484 e. The van der Waals surface area contributed by atoms with Crippen molar-refractivity contribution in [3.8, 4) is 5.75 Å². The quantitative estimate of drug-likeness (QED) is 0.428. The van der Waals surface area contributed by atoms with E-state index in [2.05, 4.69) is 10.6 Å². The molecule has 0 saturated heterocycles. The van der Waals surface area contributed by atoms with Gasteiger partial charge < -0.3 is 24.9 Å². The van der Waals surface area contributed by atoms with Crippen molar-refractivity contribution in [3.05, 3.63) is 75.6 Å². The summed E-state index contributed by atoms with van der Waals surface area (Å²) in [4.78, 5) is 35.9. The summed E-state index contributed by atoms with van der Waals surface area (Å²) in [6.45, 7) is 0.474. The summed E-state index contributed by atoms with van der Waals surface area (Å²) in [6, 6.07) is 9.00. The Labute approximate surface area is 191 Å². The van der Waals surface area contributed by atoms with E-state index in [1.165, 1.54) is 24.3 Å². The number of ether oxygens (including phenoxy) is 1. The van der Waals surface area contributed by atoms with Gasteiger partial charge in [-0.15, -0.1) is 0 Å². The molecule has 0 aliphatic heterocycles. The summed E-state index contributed by atoms with van der Waals surface area (Å²) >= 11 is 0. The van der Waals surface area contributed by atoms with Gasteiger partial charge in [-0.2, -0.15) is 13.2 Å². The Hall–Kier alpha value is -3.86. The summed E-state index contributed by atoms with van der Waals surface area (Å²) in [5.41, 5.74) is 0.0908. The molecule has 0 bridgehead atoms. The van der Waals surface area contributed by atoms with E-state index in [1.807, 2.05) is 0 Å². The van der Waals surface area contributed by atoms with E-state index >= 15 is 0 Å². The molecule has 1 aromatic heterocycles. The lowest BCUT2D eigenvalue weighted by Crippen LogP contribution is -2.49. The molecule has 0 radical (unpaired) electrons. The van der Waals surface area contributed by atoms with Gasteiger partial charge in [0, 0.05) is 24.1 Å². The van der Waals surface area contributed by atoms with Crippen LogP contribution >= 0.6 is 0 Å². The van der Waals surface area contributed by atoms with E-state index in [4.69, 9.17) is 9.15 Å². The van der Waals surface area contributed by atoms with Crippen molar-refractivity contribution in [2.45, 2.75) is 25.7 Å². The zero-order chi connectivity index (χ0) is 24.9. The highest BCUT2D eigenvalue weighted by atomic mass is 19.4. The monoisotopic (exact) mass is 478 g/mol. The van der Waals surface area contributed by atoms with Crippen molar-refractivity contribution in [1.82, 2.24) is 10.6 Å². The number of hydrogen-bond acceptors (Lipinski definition) is 6. The molecule has 2 amide bonds. The second kappa shape index (κ2) is 10.4. The van der Waals surface area contributed by atoms with Gasteiger partial charge in [-0.1, -0.05) is 12.1 Å². The molecule has 8 nitrogen and oxygen atoms in total. The molecule has 0 aliphatic rings. The maximum atomic E-state index is 12.6. The first-order valence-corrected chi connectivity index (χ1v) is 10.1. The molecule has 3 aromatic rings. The van der Waals surface area contributed by atoms with Gasteiger partial charge >= 0.3 is 11.8 Å². The SMILES string of the molecule is Cc1cc(=O)oc2cc(OCC(=O)NC(CO)C(=O)NCc3ccc(C(F)(F)F)cc3)ccc12. The van der Waals surface area contributed by atoms with Gasteiger partial charge in [0.25, 0.3) is 5.91 Å². The second-order valence-electron chi connectivity index (χ2n) is 7.41. The van der Waals surface area contributed by atoms with Crippen molar-refractivity contribution >= 4 is 22.8 Å². The third-order valence-electron chi connectivity index (χ3n) is 4.88. The molecule has 34 heavy (non-hydrogen) atoms. The van der Waals surface area contributed by atoms with Gasteiger partial charge in [0.1, 0.15) is 17.4 Å². The van der Waals surface area contributed by atoms with E-state index < -0.39 is 48.4 Å². The minimum atomic E-state index is -4.46. The average molecular weight is 478 g/mol. The van der Waals surface area contributed by atoms with Crippen molar-refractivity contribution in [1.29, 1.82) is 0 Å². The number of alkyl halides is 3. The number of nitrogens with one attached hydrogen (secondary N) is 2. The standard InChI is InChI=1S/C23H21F3N2O6/c1-13-8-21(31)34-19-9-16(6-7-17(13)19)33-12-20(30)28-18(11-29)22(32)27-10-14-2-4-15(5-3-14)23(24,25)26/h2-9,18,29H,10-12H2,1H3,(H,27,32)(H,28,30). The maximum absolute atomic E-state index is 12.6. The minimum absolute atomic E-state index is 0.0957. The first-order chi connectivity index (χ1) is 16.1. The van der Waals surface area contributed by atoms with Gasteiger partial charge in [0.2, 0.25) is 5.91 Å². The number of carbonyl (C=O) groups is 2. The summed E-state index contributed by atoms with van der Waals surface area (Å²) < 4.78 is 48.3. The number of aliphatic hydroxyl groups excluding tert-OH is 1. The molecule has 1 atom stereocenters. The number of hydrogen-bond donors (Lipinski definition) is 3. The Balaban J connectivity index is 1.52. The molecule has 0 aliphatic carbocycles. The molecule has 0 fully saturated rings. The van der Waals surface area contributed by atoms with Crippen LogP contribution in [0, 0.1) is 6.92 Å². The summed E-state index contributed by atoms with van der Waals surface area (Å²) in [5, 5.41) is 14.9. The van der Waals surface area contributed by atoms with Crippen LogP contribution in [0.15, 0.2) is 57.7 Å². The molecule has 1 heterocycles. The van der Waals surface area contributed by atoms with Gasteiger partial charge in [-0.05, 0) is 42.3 Å². The van der Waals surface area contributed by atoms with Crippen LogP contribution in [0.4, 0.5) is 13.2 Å². The number of halogens is 3. The number of benzene rings is 2. The van der Waals surface area contributed by atoms with Crippen LogP contribution in [0.2, 0.25) is 0 Å². The van der Waals surface area contributed by atoms with Crippen molar-refractivity contribution in [2.24, 2.45) is 0 Å². The average Bonchev–Trinajstić information content (AvgIpc) is 2.79. The number of aliphatic hydroxyl groups is 1. The third-order valence-corrected chi connectivity index (χ3v) is 4.88. The molecular weight excluding hydrogens is 457 g/mol. The van der Waals surface area contributed by atoms with Crippen LogP contribution in [0.3, 0.4) is 0 Å². The highest BCUT2D eigenvalue weighted by Gasteiger charge is 2.30. The predicted octanol–water partition coefficient (Wildman–Crippen LogP) is 2.29. The van der Waals surface area contributed by atoms with E-state index in [0.717, 1.165) is 17.7 Å². The molecule has 0 saturated carbocycles. The summed E-state index contributed by atoms with van der Waals surface area (Å²) in [7, 11) is 0. The van der Waals surface area contributed by atoms with Crippen molar-refractivity contribution < 1.29 is 37.0 Å². The molecule has 0 spiro atoms. The third kappa shape index (κ3) is 6.35. The zero-order valence-corrected chi connectivity index (χ0v) is 17.9. The van der Waals surface area contributed by atoms with E-state index in [0.29, 0.717) is 16.5 Å². The zero-order valence-electron chi connectivity index (χ0n) is 17.9. The highest BCUT2D eigenvalue weighted by molar-refractivity contribution is 5.88. The van der Waals surface area contributed by atoms with Crippen LogP contribution in [0.5, 0.6) is 5.75 Å². The van der Waals surface area contributed by atoms with Crippen LogP contribution in [0.1, 0.15) is 16.7 Å². The molecule has 11 heteroatoms.